The third-order valence-electron chi connectivity index (χ3n) is 4.23. The number of fused-ring (bicyclic) bond motifs is 1. The Hall–Kier alpha value is 0.0400. The van der Waals surface area contributed by atoms with Crippen molar-refractivity contribution in [3.63, 3.8) is 0 Å². The minimum Gasteiger partial charge on any atom is -0.379 e. The van der Waals surface area contributed by atoms with Crippen LogP contribution in [0.15, 0.2) is 16.6 Å². The molecule has 0 bridgehead atoms. The third-order valence-corrected chi connectivity index (χ3v) is 6.00. The average molecular weight is 364 g/mol. The highest BCUT2D eigenvalue weighted by molar-refractivity contribution is 9.10. The van der Waals surface area contributed by atoms with Gasteiger partial charge in [-0.1, -0.05) is 29.6 Å². The standard InChI is InChI=1S/C14H17BrCl2N2/c15-9-4-5-11(14(17)13(9)16)18-10-6-8-19-7-2-1-3-12(10)19/h4-5,10,12,18H,1-3,6-8H2. The highest BCUT2D eigenvalue weighted by Gasteiger charge is 2.35. The molecule has 2 atom stereocenters. The SMILES string of the molecule is Clc1c(Br)ccc(NC2CCN3CCCCC23)c1Cl. The lowest BCUT2D eigenvalue weighted by Crippen LogP contribution is -2.41. The highest BCUT2D eigenvalue weighted by atomic mass is 79.9. The summed E-state index contributed by atoms with van der Waals surface area (Å²) in [5, 5.41) is 4.80. The second-order valence-corrected chi connectivity index (χ2v) is 6.97. The Balaban J connectivity index is 1.77. The van der Waals surface area contributed by atoms with Crippen LogP contribution in [-0.4, -0.2) is 30.1 Å². The van der Waals surface area contributed by atoms with E-state index in [9.17, 15) is 0 Å². The van der Waals surface area contributed by atoms with Crippen molar-refractivity contribution in [3.8, 4) is 0 Å². The molecule has 19 heavy (non-hydrogen) atoms. The molecule has 1 N–H and O–H groups in total. The second kappa shape index (κ2) is 5.80. The molecule has 2 nitrogen and oxygen atoms in total. The number of halogens is 3. The van der Waals surface area contributed by atoms with Crippen molar-refractivity contribution in [2.75, 3.05) is 18.4 Å². The first-order chi connectivity index (χ1) is 9.16. The Morgan fingerprint density at radius 3 is 2.79 bits per heavy atom. The molecule has 0 radical (unpaired) electrons. The van der Waals surface area contributed by atoms with Gasteiger partial charge in [0.2, 0.25) is 0 Å². The molecule has 104 valence electrons. The fraction of sp³-hybridized carbons (Fsp3) is 0.571. The first-order valence-electron chi connectivity index (χ1n) is 6.81. The number of anilines is 1. The van der Waals surface area contributed by atoms with E-state index < -0.39 is 0 Å². The molecule has 2 saturated heterocycles. The number of piperidine rings is 1. The van der Waals surface area contributed by atoms with Crippen LogP contribution in [0.2, 0.25) is 10.0 Å². The molecule has 0 amide bonds. The monoisotopic (exact) mass is 362 g/mol. The Morgan fingerprint density at radius 2 is 1.95 bits per heavy atom. The predicted molar refractivity (Wildman–Crippen MR) is 85.4 cm³/mol. The van der Waals surface area contributed by atoms with Crippen LogP contribution >= 0.6 is 39.1 Å². The topological polar surface area (TPSA) is 15.3 Å². The van der Waals surface area contributed by atoms with E-state index in [2.05, 4.69) is 26.1 Å². The molecule has 2 heterocycles. The van der Waals surface area contributed by atoms with Gasteiger partial charge in [0.05, 0.1) is 15.7 Å². The molecule has 0 saturated carbocycles. The van der Waals surface area contributed by atoms with Crippen LogP contribution in [0, 0.1) is 0 Å². The van der Waals surface area contributed by atoms with Gasteiger partial charge >= 0.3 is 0 Å². The molecular formula is C14H17BrCl2N2. The molecule has 2 aliphatic heterocycles. The summed E-state index contributed by atoms with van der Waals surface area (Å²) in [6.07, 6.45) is 5.16. The van der Waals surface area contributed by atoms with E-state index in [0.717, 1.165) is 10.2 Å². The summed E-state index contributed by atoms with van der Waals surface area (Å²) < 4.78 is 0.843. The lowest BCUT2D eigenvalue weighted by Gasteiger charge is -2.33. The van der Waals surface area contributed by atoms with Gasteiger partial charge in [0.1, 0.15) is 0 Å². The molecular weight excluding hydrogens is 347 g/mol. The molecule has 2 fully saturated rings. The van der Waals surface area contributed by atoms with Crippen LogP contribution in [-0.2, 0) is 0 Å². The Morgan fingerprint density at radius 1 is 1.11 bits per heavy atom. The molecule has 2 unspecified atom stereocenters. The maximum absolute atomic E-state index is 6.31. The summed E-state index contributed by atoms with van der Waals surface area (Å²) in [7, 11) is 0. The zero-order valence-corrected chi connectivity index (χ0v) is 13.7. The number of hydrogen-bond donors (Lipinski definition) is 1. The fourth-order valence-corrected chi connectivity index (χ4v) is 4.08. The average Bonchev–Trinajstić information content (AvgIpc) is 2.83. The van der Waals surface area contributed by atoms with Crippen LogP contribution in [0.3, 0.4) is 0 Å². The molecule has 1 aromatic carbocycles. The Kier molecular flexibility index (Phi) is 4.28. The number of nitrogens with one attached hydrogen (secondary N) is 1. The van der Waals surface area contributed by atoms with Crippen molar-refractivity contribution in [2.24, 2.45) is 0 Å². The second-order valence-electron chi connectivity index (χ2n) is 5.36. The van der Waals surface area contributed by atoms with Crippen LogP contribution < -0.4 is 5.32 Å². The van der Waals surface area contributed by atoms with E-state index in [1.807, 2.05) is 12.1 Å². The minimum atomic E-state index is 0.495. The van der Waals surface area contributed by atoms with E-state index in [0.29, 0.717) is 22.1 Å². The van der Waals surface area contributed by atoms with Crippen LogP contribution in [0.4, 0.5) is 5.69 Å². The van der Waals surface area contributed by atoms with Gasteiger partial charge < -0.3 is 5.32 Å². The number of hydrogen-bond acceptors (Lipinski definition) is 2. The summed E-state index contributed by atoms with van der Waals surface area (Å²) >= 11 is 15.9. The molecule has 0 aromatic heterocycles. The number of nitrogens with zero attached hydrogens (tertiary/aromatic N) is 1. The number of rotatable bonds is 2. The third kappa shape index (κ3) is 2.76. The minimum absolute atomic E-state index is 0.495. The van der Waals surface area contributed by atoms with E-state index in [1.54, 1.807) is 0 Å². The van der Waals surface area contributed by atoms with Gasteiger partial charge in [-0.15, -0.1) is 0 Å². The maximum Gasteiger partial charge on any atom is 0.0835 e. The normalized spacial score (nSPS) is 27.3. The highest BCUT2D eigenvalue weighted by Crippen LogP contribution is 2.38. The molecule has 3 rings (SSSR count). The summed E-state index contributed by atoms with van der Waals surface area (Å²) in [5.74, 6) is 0. The van der Waals surface area contributed by atoms with Crippen molar-refractivity contribution in [2.45, 2.75) is 37.8 Å². The van der Waals surface area contributed by atoms with E-state index in [1.165, 1.54) is 38.8 Å². The van der Waals surface area contributed by atoms with Crippen molar-refractivity contribution < 1.29 is 0 Å². The first kappa shape index (κ1) is 14.0. The van der Waals surface area contributed by atoms with Crippen LogP contribution in [0.25, 0.3) is 0 Å². The van der Waals surface area contributed by atoms with Gasteiger partial charge in [-0.05, 0) is 53.9 Å². The summed E-state index contributed by atoms with van der Waals surface area (Å²) in [4.78, 5) is 2.61. The predicted octanol–water partition coefficient (Wildman–Crippen LogP) is 4.79. The zero-order valence-electron chi connectivity index (χ0n) is 10.6. The first-order valence-corrected chi connectivity index (χ1v) is 8.36. The number of benzene rings is 1. The van der Waals surface area contributed by atoms with Crippen molar-refractivity contribution in [3.05, 3.63) is 26.7 Å². The summed E-state index contributed by atoms with van der Waals surface area (Å²) in [5.41, 5.74) is 0.951. The lowest BCUT2D eigenvalue weighted by molar-refractivity contribution is 0.193. The Bertz CT molecular complexity index is 481. The summed E-state index contributed by atoms with van der Waals surface area (Å²) in [6.45, 7) is 2.45. The van der Waals surface area contributed by atoms with E-state index in [4.69, 9.17) is 23.2 Å². The van der Waals surface area contributed by atoms with Crippen molar-refractivity contribution in [1.29, 1.82) is 0 Å². The molecule has 1 aromatic rings. The molecule has 0 spiro atoms. The molecule has 0 aliphatic carbocycles. The van der Waals surface area contributed by atoms with Crippen molar-refractivity contribution in [1.82, 2.24) is 4.90 Å². The smallest absolute Gasteiger partial charge is 0.0835 e. The van der Waals surface area contributed by atoms with Crippen LogP contribution in [0.5, 0.6) is 0 Å². The largest absolute Gasteiger partial charge is 0.379 e. The van der Waals surface area contributed by atoms with Crippen molar-refractivity contribution >= 4 is 44.8 Å². The maximum atomic E-state index is 6.31. The fourth-order valence-electron chi connectivity index (χ4n) is 3.25. The van der Waals surface area contributed by atoms with E-state index in [-0.39, 0.29) is 0 Å². The van der Waals surface area contributed by atoms with Gasteiger partial charge in [0, 0.05) is 23.1 Å². The quantitative estimate of drug-likeness (QED) is 0.759. The zero-order chi connectivity index (χ0) is 13.4. The van der Waals surface area contributed by atoms with Gasteiger partial charge in [0.25, 0.3) is 0 Å². The van der Waals surface area contributed by atoms with E-state index >= 15 is 0 Å². The Labute approximate surface area is 132 Å². The van der Waals surface area contributed by atoms with Gasteiger partial charge in [0.15, 0.2) is 0 Å². The van der Waals surface area contributed by atoms with Gasteiger partial charge in [-0.2, -0.15) is 0 Å². The van der Waals surface area contributed by atoms with Crippen LogP contribution in [0.1, 0.15) is 25.7 Å². The molecule has 2 aliphatic rings. The lowest BCUT2D eigenvalue weighted by atomic mass is 9.99. The van der Waals surface area contributed by atoms with Gasteiger partial charge in [-0.25, -0.2) is 0 Å². The van der Waals surface area contributed by atoms with Gasteiger partial charge in [-0.3, -0.25) is 4.90 Å². The summed E-state index contributed by atoms with van der Waals surface area (Å²) in [6, 6.07) is 5.11. The molecule has 5 heteroatoms.